The molecule has 1 N–H and O–H groups in total. The van der Waals surface area contributed by atoms with Crippen LogP contribution in [0, 0.1) is 5.41 Å². The highest BCUT2D eigenvalue weighted by molar-refractivity contribution is 5.69. The SMILES string of the molecule is CCCC(C)(C)Cc1cc(CO)ccc1-c1cccc(OC2CC2)c1. The maximum absolute atomic E-state index is 9.56. The number of hydrogen-bond donors (Lipinski definition) is 1. The first-order valence-electron chi connectivity index (χ1n) is 9.50. The molecule has 1 saturated carbocycles. The Morgan fingerprint density at radius 3 is 2.60 bits per heavy atom. The minimum Gasteiger partial charge on any atom is -0.490 e. The Labute approximate surface area is 151 Å². The van der Waals surface area contributed by atoms with Gasteiger partial charge in [0.05, 0.1) is 12.7 Å². The van der Waals surface area contributed by atoms with Crippen molar-refractivity contribution in [2.45, 2.75) is 65.6 Å². The number of aliphatic hydroxyl groups is 1. The van der Waals surface area contributed by atoms with E-state index in [9.17, 15) is 5.11 Å². The van der Waals surface area contributed by atoms with E-state index in [0.717, 1.165) is 17.7 Å². The van der Waals surface area contributed by atoms with Crippen molar-refractivity contribution in [1.29, 1.82) is 0 Å². The molecule has 0 aromatic heterocycles. The summed E-state index contributed by atoms with van der Waals surface area (Å²) in [4.78, 5) is 0. The molecule has 1 aliphatic rings. The number of rotatable bonds is 8. The van der Waals surface area contributed by atoms with E-state index in [1.54, 1.807) is 0 Å². The van der Waals surface area contributed by atoms with Crippen molar-refractivity contribution < 1.29 is 9.84 Å². The maximum atomic E-state index is 9.56. The molecule has 0 aliphatic heterocycles. The van der Waals surface area contributed by atoms with Crippen molar-refractivity contribution in [3.8, 4) is 16.9 Å². The minimum atomic E-state index is 0.0896. The molecule has 0 saturated heterocycles. The molecule has 0 heterocycles. The first-order valence-corrected chi connectivity index (χ1v) is 9.50. The van der Waals surface area contributed by atoms with Gasteiger partial charge in [0.15, 0.2) is 0 Å². The molecule has 2 nitrogen and oxygen atoms in total. The van der Waals surface area contributed by atoms with Crippen LogP contribution in [-0.2, 0) is 13.0 Å². The molecule has 2 heteroatoms. The zero-order chi connectivity index (χ0) is 17.9. The number of ether oxygens (including phenoxy) is 1. The molecule has 25 heavy (non-hydrogen) atoms. The second-order valence-electron chi connectivity index (χ2n) is 8.09. The van der Waals surface area contributed by atoms with E-state index in [0.29, 0.717) is 6.10 Å². The van der Waals surface area contributed by atoms with Gasteiger partial charge in [0.25, 0.3) is 0 Å². The molecule has 0 spiro atoms. The zero-order valence-corrected chi connectivity index (χ0v) is 15.7. The van der Waals surface area contributed by atoms with E-state index >= 15 is 0 Å². The van der Waals surface area contributed by atoms with Crippen molar-refractivity contribution in [2.24, 2.45) is 5.41 Å². The quantitative estimate of drug-likeness (QED) is 0.663. The van der Waals surface area contributed by atoms with Crippen LogP contribution in [0.1, 0.15) is 57.6 Å². The van der Waals surface area contributed by atoms with Crippen molar-refractivity contribution in [3.05, 3.63) is 53.6 Å². The topological polar surface area (TPSA) is 29.5 Å². The molecule has 0 amide bonds. The molecule has 0 radical (unpaired) electrons. The Kier molecular flexibility index (Phi) is 5.48. The van der Waals surface area contributed by atoms with E-state index in [-0.39, 0.29) is 12.0 Å². The molecule has 2 aromatic rings. The Bertz CT molecular complexity index is 714. The lowest BCUT2D eigenvalue weighted by Gasteiger charge is -2.26. The lowest BCUT2D eigenvalue weighted by molar-refractivity contribution is 0.281. The molecule has 134 valence electrons. The average Bonchev–Trinajstić information content (AvgIpc) is 3.38. The maximum Gasteiger partial charge on any atom is 0.120 e. The third-order valence-corrected chi connectivity index (χ3v) is 4.92. The van der Waals surface area contributed by atoms with Crippen LogP contribution in [0.15, 0.2) is 42.5 Å². The van der Waals surface area contributed by atoms with Gasteiger partial charge in [-0.2, -0.15) is 0 Å². The summed E-state index contributed by atoms with van der Waals surface area (Å²) < 4.78 is 5.97. The van der Waals surface area contributed by atoms with E-state index in [2.05, 4.69) is 51.1 Å². The van der Waals surface area contributed by atoms with Gasteiger partial charge in [-0.15, -0.1) is 0 Å². The molecule has 0 atom stereocenters. The number of hydrogen-bond acceptors (Lipinski definition) is 2. The lowest BCUT2D eigenvalue weighted by atomic mass is 9.79. The summed E-state index contributed by atoms with van der Waals surface area (Å²) in [5, 5.41) is 9.56. The monoisotopic (exact) mass is 338 g/mol. The van der Waals surface area contributed by atoms with Gasteiger partial charge in [-0.05, 0) is 65.5 Å². The molecule has 3 rings (SSSR count). The van der Waals surface area contributed by atoms with Crippen LogP contribution in [0.25, 0.3) is 11.1 Å². The standard InChI is InChI=1S/C23H30O2/c1-4-12-23(2,3)15-19-13-17(16-24)8-11-22(19)18-6-5-7-21(14-18)25-20-9-10-20/h5-8,11,13-14,20,24H,4,9-10,12,15-16H2,1-3H3. The van der Waals surface area contributed by atoms with Gasteiger partial charge >= 0.3 is 0 Å². The Balaban J connectivity index is 1.94. The number of aliphatic hydroxyl groups excluding tert-OH is 1. The summed E-state index contributed by atoms with van der Waals surface area (Å²) in [5.74, 6) is 0.963. The molecule has 0 bridgehead atoms. The third-order valence-electron chi connectivity index (χ3n) is 4.92. The first kappa shape index (κ1) is 18.0. The zero-order valence-electron chi connectivity index (χ0n) is 15.7. The molecular formula is C23H30O2. The highest BCUT2D eigenvalue weighted by atomic mass is 16.5. The predicted molar refractivity (Wildman–Crippen MR) is 104 cm³/mol. The van der Waals surface area contributed by atoms with E-state index in [4.69, 9.17) is 4.74 Å². The van der Waals surface area contributed by atoms with E-state index < -0.39 is 0 Å². The fourth-order valence-corrected chi connectivity index (χ4v) is 3.57. The summed E-state index contributed by atoms with van der Waals surface area (Å²) in [5.41, 5.74) is 5.00. The van der Waals surface area contributed by atoms with Crippen LogP contribution in [-0.4, -0.2) is 11.2 Å². The summed E-state index contributed by atoms with van der Waals surface area (Å²) in [6, 6.07) is 14.8. The van der Waals surface area contributed by atoms with Crippen molar-refractivity contribution in [1.82, 2.24) is 0 Å². The Hall–Kier alpha value is -1.80. The normalized spacial score (nSPS) is 14.6. The third kappa shape index (κ3) is 4.85. The summed E-state index contributed by atoms with van der Waals surface area (Å²) >= 11 is 0. The fraction of sp³-hybridized carbons (Fsp3) is 0.478. The summed E-state index contributed by atoms with van der Waals surface area (Å²) in [6.07, 6.45) is 6.15. The van der Waals surface area contributed by atoms with Crippen LogP contribution in [0.4, 0.5) is 0 Å². The highest BCUT2D eigenvalue weighted by Gasteiger charge is 2.24. The molecule has 2 aromatic carbocycles. The van der Waals surface area contributed by atoms with Crippen LogP contribution in [0.5, 0.6) is 5.75 Å². The van der Waals surface area contributed by atoms with E-state index in [1.165, 1.54) is 42.4 Å². The lowest BCUT2D eigenvalue weighted by Crippen LogP contribution is -2.15. The minimum absolute atomic E-state index is 0.0896. The van der Waals surface area contributed by atoms with Gasteiger partial charge in [-0.1, -0.05) is 57.5 Å². The van der Waals surface area contributed by atoms with Crippen molar-refractivity contribution >= 4 is 0 Å². The van der Waals surface area contributed by atoms with Crippen molar-refractivity contribution in [2.75, 3.05) is 0 Å². The van der Waals surface area contributed by atoms with Gasteiger partial charge in [0.1, 0.15) is 5.75 Å². The van der Waals surface area contributed by atoms with Gasteiger partial charge in [-0.3, -0.25) is 0 Å². The van der Waals surface area contributed by atoms with Crippen LogP contribution in [0.2, 0.25) is 0 Å². The second-order valence-corrected chi connectivity index (χ2v) is 8.09. The molecular weight excluding hydrogens is 308 g/mol. The predicted octanol–water partition coefficient (Wildman–Crippen LogP) is 5.76. The molecule has 0 unspecified atom stereocenters. The van der Waals surface area contributed by atoms with Crippen LogP contribution >= 0.6 is 0 Å². The largest absolute Gasteiger partial charge is 0.490 e. The smallest absolute Gasteiger partial charge is 0.120 e. The summed E-state index contributed by atoms with van der Waals surface area (Å²) in [7, 11) is 0. The van der Waals surface area contributed by atoms with Gasteiger partial charge in [-0.25, -0.2) is 0 Å². The number of benzene rings is 2. The Morgan fingerprint density at radius 1 is 1.12 bits per heavy atom. The fourth-order valence-electron chi connectivity index (χ4n) is 3.57. The van der Waals surface area contributed by atoms with Gasteiger partial charge in [0.2, 0.25) is 0 Å². The van der Waals surface area contributed by atoms with Gasteiger partial charge < -0.3 is 9.84 Å². The van der Waals surface area contributed by atoms with Crippen LogP contribution in [0.3, 0.4) is 0 Å². The van der Waals surface area contributed by atoms with Crippen molar-refractivity contribution in [3.63, 3.8) is 0 Å². The molecule has 1 aliphatic carbocycles. The highest BCUT2D eigenvalue weighted by Crippen LogP contribution is 2.35. The molecule has 1 fully saturated rings. The summed E-state index contributed by atoms with van der Waals surface area (Å²) in [6.45, 7) is 6.99. The van der Waals surface area contributed by atoms with E-state index in [1.807, 2.05) is 12.1 Å². The Morgan fingerprint density at radius 2 is 1.92 bits per heavy atom. The average molecular weight is 338 g/mol. The first-order chi connectivity index (χ1) is 12.0. The second kappa shape index (κ2) is 7.61. The van der Waals surface area contributed by atoms with Crippen LogP contribution < -0.4 is 4.74 Å². The van der Waals surface area contributed by atoms with Gasteiger partial charge in [0, 0.05) is 0 Å².